The molecule has 7 rings (SSSR count). The van der Waals surface area contributed by atoms with Crippen LogP contribution in [0.3, 0.4) is 0 Å². The highest BCUT2D eigenvalue weighted by atomic mass is 16.3. The molecule has 2 aromatic heterocycles. The van der Waals surface area contributed by atoms with Gasteiger partial charge in [0.1, 0.15) is 0 Å². The molecule has 3 atom stereocenters. The van der Waals surface area contributed by atoms with Crippen molar-refractivity contribution in [1.29, 1.82) is 0 Å². The van der Waals surface area contributed by atoms with Crippen LogP contribution in [0.1, 0.15) is 56.0 Å². The summed E-state index contributed by atoms with van der Waals surface area (Å²) in [6.07, 6.45) is 2.37. The third-order valence-electron chi connectivity index (χ3n) is 8.16. The summed E-state index contributed by atoms with van der Waals surface area (Å²) in [6, 6.07) is 18.1. The first-order valence-electron chi connectivity index (χ1n) is 11.0. The van der Waals surface area contributed by atoms with Crippen molar-refractivity contribution in [2.75, 3.05) is 4.90 Å². The zero-order valence-corrected chi connectivity index (χ0v) is 18.4. The van der Waals surface area contributed by atoms with Crippen molar-refractivity contribution in [2.45, 2.75) is 64.5 Å². The molecule has 152 valence electrons. The summed E-state index contributed by atoms with van der Waals surface area (Å²) in [5, 5.41) is 2.26. The van der Waals surface area contributed by atoms with Crippen molar-refractivity contribution in [3.8, 4) is 0 Å². The summed E-state index contributed by atoms with van der Waals surface area (Å²) in [5.74, 6) is 0. The van der Waals surface area contributed by atoms with Crippen LogP contribution in [-0.2, 0) is 11.0 Å². The maximum atomic E-state index is 6.47. The fourth-order valence-corrected chi connectivity index (χ4v) is 6.26. The van der Waals surface area contributed by atoms with Crippen molar-refractivity contribution < 1.29 is 4.42 Å². The van der Waals surface area contributed by atoms with E-state index >= 15 is 0 Å². The van der Waals surface area contributed by atoms with Gasteiger partial charge in [-0.25, -0.2) is 4.98 Å². The van der Waals surface area contributed by atoms with E-state index in [0.29, 0.717) is 6.04 Å². The second-order valence-corrected chi connectivity index (χ2v) is 9.80. The maximum Gasteiger partial charge on any atom is 0.227 e. The Kier molecular flexibility index (Phi) is 3.40. The summed E-state index contributed by atoms with van der Waals surface area (Å²) in [7, 11) is 0. The van der Waals surface area contributed by atoms with E-state index in [0.717, 1.165) is 34.2 Å². The van der Waals surface area contributed by atoms with E-state index in [1.807, 2.05) is 6.92 Å². The third kappa shape index (κ3) is 2.03. The van der Waals surface area contributed by atoms with Gasteiger partial charge in [0.05, 0.1) is 11.2 Å². The lowest BCUT2D eigenvalue weighted by Gasteiger charge is -2.63. The molecule has 0 radical (unpaired) electrons. The average molecular weight is 397 g/mol. The molecule has 2 aliphatic heterocycles. The van der Waals surface area contributed by atoms with Crippen LogP contribution in [0.4, 0.5) is 5.69 Å². The molecule has 3 nitrogen and oxygen atoms in total. The number of nitrogens with zero attached hydrogens (tertiary/aromatic N) is 2. The molecule has 1 fully saturated rings. The van der Waals surface area contributed by atoms with Gasteiger partial charge >= 0.3 is 0 Å². The standard InChI is InChI=1S/C27H28N2O/c1-16-10-12-19-20-13-11-17(2)28-25(20)30-24(19)23(16)29-18(3)26(4)14-15-27(29,5)22-9-7-6-8-21(22)26/h6-13,18H,14-15H2,1-5H3/t18-,26?,27?/m0/s1. The number of pyridine rings is 1. The highest BCUT2D eigenvalue weighted by molar-refractivity contribution is 6.08. The van der Waals surface area contributed by atoms with Gasteiger partial charge < -0.3 is 9.32 Å². The first-order chi connectivity index (χ1) is 14.3. The van der Waals surface area contributed by atoms with Gasteiger partial charge in [-0.2, -0.15) is 0 Å². The molecule has 0 N–H and O–H groups in total. The highest BCUT2D eigenvalue weighted by Crippen LogP contribution is 2.59. The van der Waals surface area contributed by atoms with Crippen LogP contribution in [0.15, 0.2) is 52.9 Å². The fraction of sp³-hybridized carbons (Fsp3) is 0.370. The maximum absolute atomic E-state index is 6.47. The smallest absolute Gasteiger partial charge is 0.227 e. The molecule has 30 heavy (non-hydrogen) atoms. The molecule has 0 saturated carbocycles. The van der Waals surface area contributed by atoms with E-state index in [1.165, 1.54) is 28.8 Å². The van der Waals surface area contributed by atoms with E-state index in [4.69, 9.17) is 4.42 Å². The lowest BCUT2D eigenvalue weighted by atomic mass is 9.56. The van der Waals surface area contributed by atoms with Gasteiger partial charge in [0.25, 0.3) is 0 Å². The minimum absolute atomic E-state index is 0.0465. The molecular formula is C27H28N2O. The number of furan rings is 1. The second kappa shape index (κ2) is 5.66. The quantitative estimate of drug-likeness (QED) is 0.355. The summed E-state index contributed by atoms with van der Waals surface area (Å²) in [5.41, 5.74) is 8.27. The predicted molar refractivity (Wildman–Crippen MR) is 123 cm³/mol. The Morgan fingerprint density at radius 1 is 0.933 bits per heavy atom. The van der Waals surface area contributed by atoms with Crippen molar-refractivity contribution >= 4 is 27.8 Å². The number of anilines is 1. The highest BCUT2D eigenvalue weighted by Gasteiger charge is 2.56. The molecule has 0 spiro atoms. The zero-order chi connectivity index (χ0) is 20.8. The predicted octanol–water partition coefficient (Wildman–Crippen LogP) is 6.77. The van der Waals surface area contributed by atoms with Crippen molar-refractivity contribution in [2.24, 2.45) is 0 Å². The fourth-order valence-electron chi connectivity index (χ4n) is 6.26. The molecule has 2 bridgehead atoms. The Morgan fingerprint density at radius 3 is 2.47 bits per heavy atom. The number of benzene rings is 2. The summed E-state index contributed by atoms with van der Waals surface area (Å²) in [6.45, 7) is 11.5. The normalized spacial score (nSPS) is 27.8. The van der Waals surface area contributed by atoms with Gasteiger partial charge in [0.15, 0.2) is 5.58 Å². The van der Waals surface area contributed by atoms with Crippen LogP contribution < -0.4 is 4.90 Å². The van der Waals surface area contributed by atoms with Crippen molar-refractivity contribution in [3.05, 3.63) is 70.9 Å². The van der Waals surface area contributed by atoms with Crippen molar-refractivity contribution in [1.82, 2.24) is 4.98 Å². The molecule has 3 aliphatic rings. The molecule has 4 heterocycles. The summed E-state index contributed by atoms with van der Waals surface area (Å²) < 4.78 is 6.47. The Hall–Kier alpha value is -2.81. The summed E-state index contributed by atoms with van der Waals surface area (Å²) >= 11 is 0. The lowest BCUT2D eigenvalue weighted by molar-refractivity contribution is 0.166. The van der Waals surface area contributed by atoms with Crippen molar-refractivity contribution in [3.63, 3.8) is 0 Å². The number of hydrogen-bond donors (Lipinski definition) is 0. The first kappa shape index (κ1) is 18.0. The molecule has 3 heteroatoms. The SMILES string of the molecule is Cc1ccc2c(n1)oc1c(N3[C@@H](C)C4(C)CCC3(C)c3ccccc34)c(C)ccc12. The molecule has 0 amide bonds. The second-order valence-electron chi connectivity index (χ2n) is 9.80. The number of fused-ring (bicyclic) bond motifs is 5. The Balaban J connectivity index is 1.69. The minimum atomic E-state index is -0.0465. The minimum Gasteiger partial charge on any atom is -0.436 e. The molecule has 2 aromatic carbocycles. The van der Waals surface area contributed by atoms with Crippen LogP contribution in [0.5, 0.6) is 0 Å². The Bertz CT molecular complexity index is 1340. The number of piperidine rings is 1. The molecular weight excluding hydrogens is 368 g/mol. The lowest BCUT2D eigenvalue weighted by Crippen LogP contribution is -2.65. The van der Waals surface area contributed by atoms with Gasteiger partial charge in [0, 0.05) is 27.9 Å². The van der Waals surface area contributed by atoms with Gasteiger partial charge in [-0.3, -0.25) is 0 Å². The third-order valence-corrected chi connectivity index (χ3v) is 8.16. The number of aryl methyl sites for hydroxylation is 2. The van der Waals surface area contributed by atoms with Crippen LogP contribution >= 0.6 is 0 Å². The van der Waals surface area contributed by atoms with Gasteiger partial charge in [-0.05, 0) is 69.4 Å². The van der Waals surface area contributed by atoms with Gasteiger partial charge in [-0.1, -0.05) is 43.3 Å². The van der Waals surface area contributed by atoms with Crippen LogP contribution in [0.25, 0.3) is 22.1 Å². The van der Waals surface area contributed by atoms with Gasteiger partial charge in [0.2, 0.25) is 5.71 Å². The van der Waals surface area contributed by atoms with Crippen LogP contribution in [0, 0.1) is 13.8 Å². The van der Waals surface area contributed by atoms with Gasteiger partial charge in [-0.15, -0.1) is 0 Å². The summed E-state index contributed by atoms with van der Waals surface area (Å²) in [4.78, 5) is 7.35. The molecule has 1 saturated heterocycles. The number of hydrogen-bond acceptors (Lipinski definition) is 3. The molecule has 1 aliphatic carbocycles. The van der Waals surface area contributed by atoms with E-state index in [9.17, 15) is 0 Å². The Morgan fingerprint density at radius 2 is 1.67 bits per heavy atom. The molecule has 4 aromatic rings. The Labute approximate surface area is 177 Å². The van der Waals surface area contributed by atoms with E-state index in [1.54, 1.807) is 0 Å². The van der Waals surface area contributed by atoms with E-state index < -0.39 is 0 Å². The largest absolute Gasteiger partial charge is 0.436 e. The van der Waals surface area contributed by atoms with E-state index in [2.05, 4.69) is 86.1 Å². The topological polar surface area (TPSA) is 29.3 Å². The average Bonchev–Trinajstić information content (AvgIpc) is 3.09. The monoisotopic (exact) mass is 396 g/mol. The number of rotatable bonds is 1. The number of aromatic nitrogens is 1. The van der Waals surface area contributed by atoms with Crippen LogP contribution in [-0.4, -0.2) is 11.0 Å². The molecule has 2 unspecified atom stereocenters. The zero-order valence-electron chi connectivity index (χ0n) is 18.4. The first-order valence-corrected chi connectivity index (χ1v) is 11.0. The van der Waals surface area contributed by atoms with E-state index in [-0.39, 0.29) is 11.0 Å². The van der Waals surface area contributed by atoms with Crippen LogP contribution in [0.2, 0.25) is 0 Å².